The summed E-state index contributed by atoms with van der Waals surface area (Å²) >= 11 is 6.00. The van der Waals surface area contributed by atoms with Crippen LogP contribution in [0, 0.1) is 5.95 Å². The van der Waals surface area contributed by atoms with Crippen LogP contribution in [0.3, 0.4) is 0 Å². The minimum Gasteiger partial charge on any atom is -0.326 e. The Hall–Kier alpha value is -3.26. The van der Waals surface area contributed by atoms with Gasteiger partial charge in [-0.25, -0.2) is 14.5 Å². The molecule has 0 saturated heterocycles. The number of halogens is 2. The second-order valence-corrected chi connectivity index (χ2v) is 7.38. The predicted octanol–water partition coefficient (Wildman–Crippen LogP) is 3.60. The molecule has 4 aromatic rings. The van der Waals surface area contributed by atoms with E-state index < -0.39 is 5.95 Å². The average Bonchev–Trinajstić information content (AvgIpc) is 3.33. The first kappa shape index (κ1) is 17.8. The SMILES string of the molecule is CC1c2ncc(-c3ccc(F)nc3)n2CCN1C(=O)c1cc2ccc(Cl)cn2n1. The normalized spacial score (nSPS) is 16.2. The van der Waals surface area contributed by atoms with Crippen LogP contribution in [0.5, 0.6) is 0 Å². The lowest BCUT2D eigenvalue weighted by molar-refractivity contribution is 0.0632. The van der Waals surface area contributed by atoms with Crippen molar-refractivity contribution in [3.8, 4) is 11.3 Å². The van der Waals surface area contributed by atoms with E-state index in [0.717, 1.165) is 22.6 Å². The number of fused-ring (bicyclic) bond motifs is 2. The van der Waals surface area contributed by atoms with Crippen molar-refractivity contribution in [2.45, 2.75) is 19.5 Å². The Morgan fingerprint density at radius 1 is 1.17 bits per heavy atom. The minimum absolute atomic E-state index is 0.156. The average molecular weight is 411 g/mol. The van der Waals surface area contributed by atoms with Gasteiger partial charge in [0.15, 0.2) is 5.69 Å². The highest BCUT2D eigenvalue weighted by Crippen LogP contribution is 2.30. The Kier molecular flexibility index (Phi) is 4.09. The summed E-state index contributed by atoms with van der Waals surface area (Å²) in [6.07, 6.45) is 4.90. The number of hydrogen-bond donors (Lipinski definition) is 0. The summed E-state index contributed by atoms with van der Waals surface area (Å²) in [6.45, 7) is 3.03. The third-order valence-corrected chi connectivity index (χ3v) is 5.44. The summed E-state index contributed by atoms with van der Waals surface area (Å²) < 4.78 is 16.8. The standard InChI is InChI=1S/C20H16ClFN6O/c1-12-19-24-10-17(13-2-5-18(22)23-9-13)27(19)7-6-26(12)20(29)16-8-15-4-3-14(21)11-28(15)25-16/h2-5,8-12H,6-7H2,1H3. The molecule has 0 aromatic carbocycles. The van der Waals surface area contributed by atoms with Gasteiger partial charge in [0.05, 0.1) is 28.5 Å². The van der Waals surface area contributed by atoms with Gasteiger partial charge in [-0.05, 0) is 37.3 Å². The second-order valence-electron chi connectivity index (χ2n) is 6.94. The van der Waals surface area contributed by atoms with Gasteiger partial charge in [0.1, 0.15) is 5.82 Å². The smallest absolute Gasteiger partial charge is 0.275 e. The highest BCUT2D eigenvalue weighted by molar-refractivity contribution is 6.30. The molecule has 29 heavy (non-hydrogen) atoms. The molecule has 1 atom stereocenters. The fourth-order valence-corrected chi connectivity index (χ4v) is 3.90. The van der Waals surface area contributed by atoms with Crippen LogP contribution in [-0.2, 0) is 6.54 Å². The van der Waals surface area contributed by atoms with E-state index in [-0.39, 0.29) is 11.9 Å². The van der Waals surface area contributed by atoms with E-state index in [0.29, 0.717) is 23.8 Å². The molecule has 0 fully saturated rings. The van der Waals surface area contributed by atoms with Gasteiger partial charge in [0.25, 0.3) is 5.91 Å². The zero-order valence-electron chi connectivity index (χ0n) is 15.5. The summed E-state index contributed by atoms with van der Waals surface area (Å²) in [7, 11) is 0. The fraction of sp³-hybridized carbons (Fsp3) is 0.200. The van der Waals surface area contributed by atoms with E-state index in [1.165, 1.54) is 12.3 Å². The Bertz CT molecular complexity index is 1230. The lowest BCUT2D eigenvalue weighted by Gasteiger charge is -2.34. The largest absolute Gasteiger partial charge is 0.326 e. The molecule has 146 valence electrons. The van der Waals surface area contributed by atoms with Gasteiger partial charge in [-0.2, -0.15) is 9.49 Å². The van der Waals surface area contributed by atoms with E-state index in [2.05, 4.69) is 15.1 Å². The molecule has 0 aliphatic carbocycles. The molecule has 9 heteroatoms. The van der Waals surface area contributed by atoms with Crippen molar-refractivity contribution in [2.24, 2.45) is 0 Å². The molecule has 1 aliphatic rings. The van der Waals surface area contributed by atoms with Crippen LogP contribution in [0.4, 0.5) is 4.39 Å². The minimum atomic E-state index is -0.522. The molecule has 1 unspecified atom stereocenters. The lowest BCUT2D eigenvalue weighted by atomic mass is 10.1. The Labute approximate surface area is 170 Å². The van der Waals surface area contributed by atoms with Gasteiger partial charge in [-0.15, -0.1) is 0 Å². The van der Waals surface area contributed by atoms with Crippen LogP contribution in [0.2, 0.25) is 5.02 Å². The molecule has 0 bridgehead atoms. The molecule has 1 aliphatic heterocycles. The van der Waals surface area contributed by atoms with Gasteiger partial charge < -0.3 is 9.47 Å². The predicted molar refractivity (Wildman–Crippen MR) is 105 cm³/mol. The van der Waals surface area contributed by atoms with Gasteiger partial charge in [-0.3, -0.25) is 4.79 Å². The van der Waals surface area contributed by atoms with Gasteiger partial charge in [-0.1, -0.05) is 11.6 Å². The summed E-state index contributed by atoms with van der Waals surface area (Å²) in [5.74, 6) is 0.0957. The zero-order valence-corrected chi connectivity index (χ0v) is 16.2. The third kappa shape index (κ3) is 2.96. The van der Waals surface area contributed by atoms with Crippen molar-refractivity contribution in [3.63, 3.8) is 0 Å². The van der Waals surface area contributed by atoms with Crippen molar-refractivity contribution in [1.82, 2.24) is 29.0 Å². The molecule has 0 N–H and O–H groups in total. The summed E-state index contributed by atoms with van der Waals surface area (Å²) in [5, 5.41) is 4.92. The first-order valence-electron chi connectivity index (χ1n) is 9.14. The number of amides is 1. The van der Waals surface area contributed by atoms with E-state index >= 15 is 0 Å². The van der Waals surface area contributed by atoms with E-state index in [9.17, 15) is 9.18 Å². The maximum absolute atomic E-state index is 13.1. The van der Waals surface area contributed by atoms with Crippen LogP contribution in [0.25, 0.3) is 16.8 Å². The number of carbonyl (C=O) groups is 1. The van der Waals surface area contributed by atoms with E-state index in [4.69, 9.17) is 11.6 Å². The Balaban J connectivity index is 1.45. The van der Waals surface area contributed by atoms with Crippen LogP contribution in [0.1, 0.15) is 29.3 Å². The molecular weight excluding hydrogens is 395 g/mol. The molecule has 0 saturated carbocycles. The van der Waals surface area contributed by atoms with Crippen LogP contribution in [-0.4, -0.2) is 41.5 Å². The van der Waals surface area contributed by atoms with Gasteiger partial charge in [0, 0.05) is 31.0 Å². The highest BCUT2D eigenvalue weighted by Gasteiger charge is 2.32. The van der Waals surface area contributed by atoms with Crippen LogP contribution >= 0.6 is 11.6 Å². The Morgan fingerprint density at radius 2 is 2.03 bits per heavy atom. The van der Waals surface area contributed by atoms with Crippen molar-refractivity contribution in [3.05, 3.63) is 71.4 Å². The zero-order chi connectivity index (χ0) is 20.1. The van der Waals surface area contributed by atoms with Crippen LogP contribution < -0.4 is 0 Å². The van der Waals surface area contributed by atoms with E-state index in [1.807, 2.05) is 17.6 Å². The number of pyridine rings is 2. The monoisotopic (exact) mass is 410 g/mol. The number of hydrogen-bond acceptors (Lipinski definition) is 4. The van der Waals surface area contributed by atoms with Crippen molar-refractivity contribution in [1.29, 1.82) is 0 Å². The van der Waals surface area contributed by atoms with Crippen molar-refractivity contribution < 1.29 is 9.18 Å². The third-order valence-electron chi connectivity index (χ3n) is 5.22. The fourth-order valence-electron chi connectivity index (χ4n) is 3.75. The second kappa shape index (κ2) is 6.66. The molecule has 5 heterocycles. The lowest BCUT2D eigenvalue weighted by Crippen LogP contribution is -2.41. The highest BCUT2D eigenvalue weighted by atomic mass is 35.5. The number of rotatable bonds is 2. The maximum Gasteiger partial charge on any atom is 0.275 e. The summed E-state index contributed by atoms with van der Waals surface area (Å²) in [4.78, 5) is 23.1. The quantitative estimate of drug-likeness (QED) is 0.473. The number of aromatic nitrogens is 5. The van der Waals surface area contributed by atoms with Gasteiger partial charge in [0.2, 0.25) is 5.95 Å². The molecule has 4 aromatic heterocycles. The molecule has 1 amide bonds. The van der Waals surface area contributed by atoms with Gasteiger partial charge >= 0.3 is 0 Å². The van der Waals surface area contributed by atoms with E-state index in [1.54, 1.807) is 40.0 Å². The molecule has 0 spiro atoms. The number of nitrogens with zero attached hydrogens (tertiary/aromatic N) is 6. The summed E-state index contributed by atoms with van der Waals surface area (Å²) in [6, 6.07) is 8.11. The van der Waals surface area contributed by atoms with Crippen molar-refractivity contribution in [2.75, 3.05) is 6.54 Å². The molecule has 5 rings (SSSR count). The topological polar surface area (TPSA) is 68.3 Å². The Morgan fingerprint density at radius 3 is 2.83 bits per heavy atom. The number of imidazole rings is 1. The maximum atomic E-state index is 13.1. The molecular formula is C20H16ClFN6O. The number of carbonyl (C=O) groups excluding carboxylic acids is 1. The summed E-state index contributed by atoms with van der Waals surface area (Å²) in [5.41, 5.74) is 2.81. The molecule has 0 radical (unpaired) electrons. The first-order chi connectivity index (χ1) is 14.0. The van der Waals surface area contributed by atoms with Crippen molar-refractivity contribution >= 4 is 23.0 Å². The first-order valence-corrected chi connectivity index (χ1v) is 9.52. The molecule has 7 nitrogen and oxygen atoms in total. The van der Waals surface area contributed by atoms with Crippen LogP contribution in [0.15, 0.2) is 48.9 Å².